The van der Waals surface area contributed by atoms with Gasteiger partial charge in [0.1, 0.15) is 5.52 Å². The largest absolute Gasteiger partial charge is 0.369 e. The van der Waals surface area contributed by atoms with Crippen molar-refractivity contribution in [1.29, 1.82) is 5.26 Å². The van der Waals surface area contributed by atoms with Crippen LogP contribution >= 0.6 is 0 Å². The standard InChI is InChI=1S/C15H13N5/c1-10-6-7-18-14-13(10)19-15(17)20(14)9-12-4-2-11(8-16)3-5-12/h2-7H,9H2,1H3,(H2,17,19). The van der Waals surface area contributed by atoms with E-state index in [2.05, 4.69) is 16.0 Å². The van der Waals surface area contributed by atoms with Crippen LogP contribution in [-0.2, 0) is 6.54 Å². The van der Waals surface area contributed by atoms with Crippen LogP contribution in [-0.4, -0.2) is 14.5 Å². The highest BCUT2D eigenvalue weighted by atomic mass is 15.2. The van der Waals surface area contributed by atoms with Crippen LogP contribution in [0.15, 0.2) is 36.5 Å². The van der Waals surface area contributed by atoms with Crippen molar-refractivity contribution >= 4 is 17.1 Å². The van der Waals surface area contributed by atoms with Crippen LogP contribution in [0.5, 0.6) is 0 Å². The number of nitrogens with zero attached hydrogens (tertiary/aromatic N) is 4. The number of hydrogen-bond donors (Lipinski definition) is 1. The molecule has 0 radical (unpaired) electrons. The Morgan fingerprint density at radius 2 is 2.00 bits per heavy atom. The molecule has 0 spiro atoms. The summed E-state index contributed by atoms with van der Waals surface area (Å²) in [5.74, 6) is 0.450. The van der Waals surface area contributed by atoms with Crippen LogP contribution in [0.25, 0.3) is 11.2 Å². The van der Waals surface area contributed by atoms with E-state index < -0.39 is 0 Å². The second-order valence-corrected chi connectivity index (χ2v) is 4.66. The lowest BCUT2D eigenvalue weighted by atomic mass is 10.1. The number of nitrogens with two attached hydrogens (primary N) is 1. The third kappa shape index (κ3) is 1.97. The third-order valence-corrected chi connectivity index (χ3v) is 3.29. The van der Waals surface area contributed by atoms with Gasteiger partial charge in [-0.1, -0.05) is 12.1 Å². The smallest absolute Gasteiger partial charge is 0.202 e. The van der Waals surface area contributed by atoms with Crippen molar-refractivity contribution in [1.82, 2.24) is 14.5 Å². The predicted molar refractivity (Wildman–Crippen MR) is 76.9 cm³/mol. The Morgan fingerprint density at radius 3 is 2.70 bits per heavy atom. The summed E-state index contributed by atoms with van der Waals surface area (Å²) in [5.41, 5.74) is 10.4. The number of nitrogen functional groups attached to an aromatic ring is 1. The maximum Gasteiger partial charge on any atom is 0.202 e. The van der Waals surface area contributed by atoms with E-state index in [9.17, 15) is 0 Å². The normalized spacial score (nSPS) is 10.6. The molecule has 1 aromatic carbocycles. The number of hydrogen-bond acceptors (Lipinski definition) is 4. The molecule has 0 aliphatic carbocycles. The van der Waals surface area contributed by atoms with E-state index in [0.717, 1.165) is 22.3 Å². The van der Waals surface area contributed by atoms with Gasteiger partial charge in [0, 0.05) is 6.20 Å². The molecule has 0 saturated carbocycles. The van der Waals surface area contributed by atoms with Crippen LogP contribution in [0.4, 0.5) is 5.95 Å². The number of pyridine rings is 1. The van der Waals surface area contributed by atoms with Crippen molar-refractivity contribution in [2.75, 3.05) is 5.73 Å². The highest BCUT2D eigenvalue weighted by molar-refractivity contribution is 5.77. The van der Waals surface area contributed by atoms with E-state index in [0.29, 0.717) is 18.1 Å². The van der Waals surface area contributed by atoms with Gasteiger partial charge in [-0.25, -0.2) is 9.97 Å². The van der Waals surface area contributed by atoms with Gasteiger partial charge in [-0.3, -0.25) is 4.57 Å². The van der Waals surface area contributed by atoms with Crippen LogP contribution < -0.4 is 5.73 Å². The molecular weight excluding hydrogens is 250 g/mol. The number of nitriles is 1. The molecule has 5 nitrogen and oxygen atoms in total. The maximum atomic E-state index is 8.81. The molecule has 0 unspecified atom stereocenters. The zero-order valence-electron chi connectivity index (χ0n) is 11.0. The fraction of sp³-hybridized carbons (Fsp3) is 0.133. The summed E-state index contributed by atoms with van der Waals surface area (Å²) in [6.45, 7) is 2.58. The number of rotatable bonds is 2. The number of aryl methyl sites for hydroxylation is 1. The highest BCUT2D eigenvalue weighted by Gasteiger charge is 2.11. The second kappa shape index (κ2) is 4.67. The quantitative estimate of drug-likeness (QED) is 0.768. The van der Waals surface area contributed by atoms with E-state index >= 15 is 0 Å². The predicted octanol–water partition coefficient (Wildman–Crippen LogP) is 2.24. The molecule has 2 heterocycles. The first-order valence-electron chi connectivity index (χ1n) is 6.25. The molecule has 5 heteroatoms. The topological polar surface area (TPSA) is 80.5 Å². The van der Waals surface area contributed by atoms with Crippen LogP contribution in [0.1, 0.15) is 16.7 Å². The monoisotopic (exact) mass is 263 g/mol. The summed E-state index contributed by atoms with van der Waals surface area (Å²) in [4.78, 5) is 8.73. The molecule has 2 aromatic heterocycles. The number of aromatic nitrogens is 3. The third-order valence-electron chi connectivity index (χ3n) is 3.29. The first-order valence-corrected chi connectivity index (χ1v) is 6.25. The van der Waals surface area contributed by atoms with Gasteiger partial charge in [-0.15, -0.1) is 0 Å². The Labute approximate surface area is 116 Å². The molecular formula is C15H13N5. The Kier molecular flexibility index (Phi) is 2.84. The van der Waals surface area contributed by atoms with Gasteiger partial charge in [0.15, 0.2) is 5.65 Å². The molecule has 3 rings (SSSR count). The molecule has 2 N–H and O–H groups in total. The summed E-state index contributed by atoms with van der Waals surface area (Å²) < 4.78 is 1.88. The van der Waals surface area contributed by atoms with Crippen molar-refractivity contribution in [3.8, 4) is 6.07 Å². The molecule has 0 fully saturated rings. The fourth-order valence-electron chi connectivity index (χ4n) is 2.18. The average molecular weight is 263 g/mol. The van der Waals surface area contributed by atoms with Crippen molar-refractivity contribution in [3.63, 3.8) is 0 Å². The second-order valence-electron chi connectivity index (χ2n) is 4.66. The Hall–Kier alpha value is -2.87. The van der Waals surface area contributed by atoms with E-state index in [1.807, 2.05) is 29.7 Å². The summed E-state index contributed by atoms with van der Waals surface area (Å²) in [6.07, 6.45) is 1.76. The minimum absolute atomic E-state index is 0.450. The summed E-state index contributed by atoms with van der Waals surface area (Å²) in [7, 11) is 0. The number of fused-ring (bicyclic) bond motifs is 1. The Balaban J connectivity index is 2.04. The molecule has 0 amide bonds. The van der Waals surface area contributed by atoms with Crippen molar-refractivity contribution in [2.24, 2.45) is 0 Å². The van der Waals surface area contributed by atoms with Crippen LogP contribution in [0.2, 0.25) is 0 Å². The molecule has 0 bridgehead atoms. The van der Waals surface area contributed by atoms with Gasteiger partial charge in [-0.05, 0) is 36.2 Å². The van der Waals surface area contributed by atoms with Gasteiger partial charge in [-0.2, -0.15) is 5.26 Å². The number of anilines is 1. The lowest BCUT2D eigenvalue weighted by Crippen LogP contribution is -2.05. The zero-order valence-corrected chi connectivity index (χ0v) is 11.0. The lowest BCUT2D eigenvalue weighted by molar-refractivity contribution is 0.827. The summed E-state index contributed by atoms with van der Waals surface area (Å²) in [6, 6.07) is 11.4. The van der Waals surface area contributed by atoms with E-state index in [1.165, 1.54) is 0 Å². The average Bonchev–Trinajstić information content (AvgIpc) is 2.78. The molecule has 98 valence electrons. The summed E-state index contributed by atoms with van der Waals surface area (Å²) >= 11 is 0. The molecule has 0 atom stereocenters. The van der Waals surface area contributed by atoms with E-state index in [4.69, 9.17) is 11.0 Å². The minimum Gasteiger partial charge on any atom is -0.369 e. The Bertz CT molecular complexity index is 809. The molecule has 0 aliphatic heterocycles. The minimum atomic E-state index is 0.450. The van der Waals surface area contributed by atoms with Crippen LogP contribution in [0.3, 0.4) is 0 Å². The highest BCUT2D eigenvalue weighted by Crippen LogP contribution is 2.20. The Morgan fingerprint density at radius 1 is 1.25 bits per heavy atom. The van der Waals surface area contributed by atoms with Gasteiger partial charge in [0.05, 0.1) is 18.2 Å². The maximum absolute atomic E-state index is 8.81. The van der Waals surface area contributed by atoms with Crippen LogP contribution in [0, 0.1) is 18.3 Å². The van der Waals surface area contributed by atoms with Gasteiger partial charge >= 0.3 is 0 Å². The van der Waals surface area contributed by atoms with Crippen molar-refractivity contribution in [2.45, 2.75) is 13.5 Å². The molecule has 0 aliphatic rings. The molecule has 3 aromatic rings. The zero-order chi connectivity index (χ0) is 14.1. The van der Waals surface area contributed by atoms with Crippen molar-refractivity contribution in [3.05, 3.63) is 53.2 Å². The first-order chi connectivity index (χ1) is 9.69. The number of benzene rings is 1. The first kappa shape index (κ1) is 12.2. The fourth-order valence-corrected chi connectivity index (χ4v) is 2.18. The van der Waals surface area contributed by atoms with Crippen molar-refractivity contribution < 1.29 is 0 Å². The van der Waals surface area contributed by atoms with Gasteiger partial charge in [0.2, 0.25) is 5.95 Å². The van der Waals surface area contributed by atoms with E-state index in [-0.39, 0.29) is 0 Å². The lowest BCUT2D eigenvalue weighted by Gasteiger charge is -2.06. The number of imidazole rings is 1. The van der Waals surface area contributed by atoms with Gasteiger partial charge in [0.25, 0.3) is 0 Å². The SMILES string of the molecule is Cc1ccnc2c1nc(N)n2Cc1ccc(C#N)cc1. The summed E-state index contributed by atoms with van der Waals surface area (Å²) in [5, 5.41) is 8.81. The molecule has 0 saturated heterocycles. The van der Waals surface area contributed by atoms with Gasteiger partial charge < -0.3 is 5.73 Å². The molecule has 20 heavy (non-hydrogen) atoms. The van der Waals surface area contributed by atoms with E-state index in [1.54, 1.807) is 18.3 Å².